The Balaban J connectivity index is 1.44. The van der Waals surface area contributed by atoms with Crippen LogP contribution in [0.5, 0.6) is 0 Å². The van der Waals surface area contributed by atoms with E-state index in [1.807, 2.05) is 18.2 Å². The van der Waals surface area contributed by atoms with Crippen LogP contribution in [-0.2, 0) is 4.79 Å². The zero-order chi connectivity index (χ0) is 19.7. The van der Waals surface area contributed by atoms with E-state index in [0.717, 1.165) is 17.7 Å². The van der Waals surface area contributed by atoms with Crippen LogP contribution in [0.25, 0.3) is 0 Å². The molecule has 0 N–H and O–H groups in total. The second kappa shape index (κ2) is 7.38. The Bertz CT molecular complexity index is 919. The molecule has 1 unspecified atom stereocenters. The molecule has 0 radical (unpaired) electrons. The van der Waals surface area contributed by atoms with Crippen LogP contribution in [0.15, 0.2) is 54.6 Å². The molecule has 3 amide bonds. The SMILES string of the molecule is O=C(c1ccccc1)C1CCCN(C(=O)CN2C(=O)c3ccccc3C2=O)C1. The van der Waals surface area contributed by atoms with Gasteiger partial charge in [0.15, 0.2) is 5.78 Å². The van der Waals surface area contributed by atoms with Gasteiger partial charge >= 0.3 is 0 Å². The predicted octanol–water partition coefficient (Wildman–Crippen LogP) is 2.40. The van der Waals surface area contributed by atoms with Crippen LogP contribution in [0.1, 0.15) is 43.9 Å². The van der Waals surface area contributed by atoms with Crippen molar-refractivity contribution in [2.24, 2.45) is 5.92 Å². The van der Waals surface area contributed by atoms with Crippen molar-refractivity contribution in [3.63, 3.8) is 0 Å². The van der Waals surface area contributed by atoms with Gasteiger partial charge in [-0.1, -0.05) is 42.5 Å². The molecule has 0 bridgehead atoms. The Morgan fingerprint density at radius 2 is 1.50 bits per heavy atom. The Labute approximate surface area is 162 Å². The van der Waals surface area contributed by atoms with Gasteiger partial charge in [0.25, 0.3) is 11.8 Å². The molecule has 2 heterocycles. The molecule has 6 nitrogen and oxygen atoms in total. The fourth-order valence-corrected chi connectivity index (χ4v) is 3.87. The summed E-state index contributed by atoms with van der Waals surface area (Å²) >= 11 is 0. The van der Waals surface area contributed by atoms with Gasteiger partial charge in [-0.25, -0.2) is 0 Å². The lowest BCUT2D eigenvalue weighted by Gasteiger charge is -2.33. The number of amides is 3. The van der Waals surface area contributed by atoms with Crippen LogP contribution in [0.2, 0.25) is 0 Å². The third-order valence-corrected chi connectivity index (χ3v) is 5.37. The number of Topliss-reactive ketones (excluding diaryl/α,β-unsaturated/α-hetero) is 1. The summed E-state index contributed by atoms with van der Waals surface area (Å²) in [4.78, 5) is 53.0. The van der Waals surface area contributed by atoms with Crippen molar-refractivity contribution >= 4 is 23.5 Å². The van der Waals surface area contributed by atoms with E-state index in [4.69, 9.17) is 0 Å². The maximum absolute atomic E-state index is 12.8. The number of nitrogens with zero attached hydrogens (tertiary/aromatic N) is 2. The fourth-order valence-electron chi connectivity index (χ4n) is 3.87. The van der Waals surface area contributed by atoms with Crippen molar-refractivity contribution in [2.75, 3.05) is 19.6 Å². The van der Waals surface area contributed by atoms with Crippen LogP contribution < -0.4 is 0 Å². The zero-order valence-electron chi connectivity index (χ0n) is 15.3. The summed E-state index contributed by atoms with van der Waals surface area (Å²) in [6.45, 7) is 0.550. The van der Waals surface area contributed by atoms with Crippen molar-refractivity contribution in [1.29, 1.82) is 0 Å². The highest BCUT2D eigenvalue weighted by atomic mass is 16.2. The van der Waals surface area contributed by atoms with Gasteiger partial charge in [0.05, 0.1) is 11.1 Å². The minimum absolute atomic E-state index is 0.0267. The predicted molar refractivity (Wildman–Crippen MR) is 102 cm³/mol. The van der Waals surface area contributed by atoms with Crippen molar-refractivity contribution in [3.8, 4) is 0 Å². The van der Waals surface area contributed by atoms with Crippen molar-refractivity contribution in [1.82, 2.24) is 9.80 Å². The summed E-state index contributed by atoms with van der Waals surface area (Å²) in [7, 11) is 0. The highest BCUT2D eigenvalue weighted by Gasteiger charge is 2.38. The average molecular weight is 376 g/mol. The highest BCUT2D eigenvalue weighted by Crippen LogP contribution is 2.24. The molecule has 2 aromatic rings. The summed E-state index contributed by atoms with van der Waals surface area (Å²) in [5, 5.41) is 0. The summed E-state index contributed by atoms with van der Waals surface area (Å²) in [5.74, 6) is -1.42. The lowest BCUT2D eigenvalue weighted by molar-refractivity contribution is -0.132. The Morgan fingerprint density at radius 1 is 0.893 bits per heavy atom. The molecular formula is C22H20N2O4. The number of imide groups is 1. The molecule has 6 heteroatoms. The molecule has 1 fully saturated rings. The maximum atomic E-state index is 12.8. The highest BCUT2D eigenvalue weighted by molar-refractivity contribution is 6.22. The molecule has 1 saturated heterocycles. The lowest BCUT2D eigenvalue weighted by Crippen LogP contribution is -2.47. The van der Waals surface area contributed by atoms with Crippen LogP contribution in [0, 0.1) is 5.92 Å². The minimum atomic E-state index is -0.442. The first-order valence-electron chi connectivity index (χ1n) is 9.38. The number of likely N-dealkylation sites (tertiary alicyclic amines) is 1. The van der Waals surface area contributed by atoms with Crippen molar-refractivity contribution in [2.45, 2.75) is 12.8 Å². The van der Waals surface area contributed by atoms with E-state index in [-0.39, 0.29) is 24.2 Å². The standard InChI is InChI=1S/C22H20N2O4/c25-19(14-24-21(27)17-10-4-5-11-18(17)22(24)28)23-12-6-9-16(13-23)20(26)15-7-2-1-3-8-15/h1-5,7-8,10-11,16H,6,9,12-14H2. The van der Waals surface area contributed by atoms with E-state index in [2.05, 4.69) is 0 Å². The summed E-state index contributed by atoms with van der Waals surface area (Å²) in [6, 6.07) is 15.6. The van der Waals surface area contributed by atoms with Gasteiger partial charge in [-0.05, 0) is 25.0 Å². The quantitative estimate of drug-likeness (QED) is 0.607. The van der Waals surface area contributed by atoms with E-state index in [0.29, 0.717) is 29.8 Å². The second-order valence-corrected chi connectivity index (χ2v) is 7.15. The number of carbonyl (C=O) groups is 4. The number of fused-ring (bicyclic) bond motifs is 1. The van der Waals surface area contributed by atoms with Crippen LogP contribution >= 0.6 is 0 Å². The third kappa shape index (κ3) is 3.22. The van der Waals surface area contributed by atoms with E-state index in [1.54, 1.807) is 41.3 Å². The van der Waals surface area contributed by atoms with Crippen LogP contribution in [0.4, 0.5) is 0 Å². The molecule has 1 atom stereocenters. The number of piperidine rings is 1. The first kappa shape index (κ1) is 18.1. The molecule has 2 aliphatic heterocycles. The number of hydrogen-bond donors (Lipinski definition) is 0. The molecular weight excluding hydrogens is 356 g/mol. The second-order valence-electron chi connectivity index (χ2n) is 7.15. The molecule has 0 spiro atoms. The Morgan fingerprint density at radius 3 is 2.14 bits per heavy atom. The Hall–Kier alpha value is -3.28. The van der Waals surface area contributed by atoms with Gasteiger partial charge in [0.1, 0.15) is 6.54 Å². The molecule has 0 aliphatic carbocycles. The molecule has 28 heavy (non-hydrogen) atoms. The first-order chi connectivity index (χ1) is 13.6. The Kier molecular flexibility index (Phi) is 4.77. The van der Waals surface area contributed by atoms with Gasteiger partial charge in [-0.3, -0.25) is 24.1 Å². The first-order valence-corrected chi connectivity index (χ1v) is 9.38. The largest absolute Gasteiger partial charge is 0.340 e. The van der Waals surface area contributed by atoms with E-state index in [9.17, 15) is 19.2 Å². The maximum Gasteiger partial charge on any atom is 0.262 e. The number of ketones is 1. The summed E-state index contributed by atoms with van der Waals surface area (Å²) < 4.78 is 0. The van der Waals surface area contributed by atoms with Gasteiger partial charge in [0.2, 0.25) is 5.91 Å². The van der Waals surface area contributed by atoms with E-state index >= 15 is 0 Å². The number of rotatable bonds is 4. The molecule has 142 valence electrons. The molecule has 2 aromatic carbocycles. The third-order valence-electron chi connectivity index (χ3n) is 5.37. The van der Waals surface area contributed by atoms with Gasteiger partial charge in [-0.2, -0.15) is 0 Å². The average Bonchev–Trinajstić information content (AvgIpc) is 2.99. The molecule has 2 aliphatic rings. The number of hydrogen-bond acceptors (Lipinski definition) is 4. The monoisotopic (exact) mass is 376 g/mol. The van der Waals surface area contributed by atoms with Crippen LogP contribution in [-0.4, -0.2) is 52.9 Å². The molecule has 0 saturated carbocycles. The van der Waals surface area contributed by atoms with Gasteiger partial charge in [-0.15, -0.1) is 0 Å². The normalized spacial score (nSPS) is 18.9. The van der Waals surface area contributed by atoms with E-state index < -0.39 is 11.8 Å². The van der Waals surface area contributed by atoms with Gasteiger partial charge < -0.3 is 4.90 Å². The summed E-state index contributed by atoms with van der Waals surface area (Å²) in [5.41, 5.74) is 1.30. The smallest absolute Gasteiger partial charge is 0.262 e. The zero-order valence-corrected chi connectivity index (χ0v) is 15.3. The number of carbonyl (C=O) groups excluding carboxylic acids is 4. The van der Waals surface area contributed by atoms with Crippen molar-refractivity contribution in [3.05, 3.63) is 71.3 Å². The van der Waals surface area contributed by atoms with Crippen molar-refractivity contribution < 1.29 is 19.2 Å². The van der Waals surface area contributed by atoms with Crippen LogP contribution in [0.3, 0.4) is 0 Å². The molecule has 4 rings (SSSR count). The summed E-state index contributed by atoms with van der Waals surface area (Å²) in [6.07, 6.45) is 1.45. The van der Waals surface area contributed by atoms with E-state index in [1.165, 1.54) is 0 Å². The minimum Gasteiger partial charge on any atom is -0.340 e. The number of benzene rings is 2. The topological polar surface area (TPSA) is 74.8 Å². The molecule has 0 aromatic heterocycles. The lowest BCUT2D eigenvalue weighted by atomic mass is 9.90. The van der Waals surface area contributed by atoms with Gasteiger partial charge in [0, 0.05) is 24.6 Å². The fraction of sp³-hybridized carbons (Fsp3) is 0.273.